The summed E-state index contributed by atoms with van der Waals surface area (Å²) in [5, 5.41) is 5.48. The second kappa shape index (κ2) is 16.4. The van der Waals surface area contributed by atoms with Crippen molar-refractivity contribution >= 4 is 25.3 Å². The smallest absolute Gasteiger partial charge is 0.0202 e. The van der Waals surface area contributed by atoms with Crippen LogP contribution in [0.1, 0.15) is 112 Å². The van der Waals surface area contributed by atoms with E-state index >= 15 is 0 Å². The molecule has 1 aliphatic carbocycles. The number of allylic oxidation sites excluding steroid dienone is 4. The van der Waals surface area contributed by atoms with Gasteiger partial charge in [-0.25, -0.2) is 5.57 Å². The van der Waals surface area contributed by atoms with E-state index in [0.717, 1.165) is 0 Å². The molecule has 0 saturated heterocycles. The van der Waals surface area contributed by atoms with Gasteiger partial charge in [0.2, 0.25) is 0 Å². The van der Waals surface area contributed by atoms with Crippen LogP contribution in [0, 0.1) is 17.9 Å². The molecule has 0 radical (unpaired) electrons. The first-order chi connectivity index (χ1) is 19.8. The van der Waals surface area contributed by atoms with Crippen LogP contribution in [0.15, 0.2) is 84.0 Å². The normalized spacial score (nSPS) is 14.8. The topological polar surface area (TPSA) is 0 Å². The maximum atomic E-state index is 3.37. The summed E-state index contributed by atoms with van der Waals surface area (Å²) in [7, 11) is 0. The summed E-state index contributed by atoms with van der Waals surface area (Å²) >= 11 is 1.46. The van der Waals surface area contributed by atoms with Gasteiger partial charge < -0.3 is 24.8 Å². The maximum absolute atomic E-state index is 3.37. The van der Waals surface area contributed by atoms with Gasteiger partial charge in [0.25, 0.3) is 0 Å². The minimum Gasteiger partial charge on any atom is -1.00 e. The first-order valence-corrected chi connectivity index (χ1v) is 17.3. The van der Waals surface area contributed by atoms with E-state index < -0.39 is 0 Å². The van der Waals surface area contributed by atoms with E-state index in [0.29, 0.717) is 11.8 Å². The molecule has 0 amide bonds. The molecule has 0 heterocycles. The fraction of sp³-hybridized carbons (Fsp3) is 0.429. The van der Waals surface area contributed by atoms with E-state index in [9.17, 15) is 0 Å². The minimum absolute atomic E-state index is 0. The summed E-state index contributed by atoms with van der Waals surface area (Å²) in [6.45, 7) is 29.1. The van der Waals surface area contributed by atoms with E-state index in [1.807, 2.05) is 0 Å². The third-order valence-corrected chi connectivity index (χ3v) is 9.13. The van der Waals surface area contributed by atoms with Crippen LogP contribution < -0.4 is 24.8 Å². The molecule has 45 heavy (non-hydrogen) atoms. The molecule has 0 nitrogen and oxygen atoms in total. The molecule has 0 fully saturated rings. The second-order valence-corrected chi connectivity index (χ2v) is 16.3. The van der Waals surface area contributed by atoms with Crippen molar-refractivity contribution in [3.8, 4) is 0 Å². The van der Waals surface area contributed by atoms with Crippen molar-refractivity contribution in [2.45, 2.75) is 106 Å². The van der Waals surface area contributed by atoms with Gasteiger partial charge in [-0.3, -0.25) is 6.08 Å². The van der Waals surface area contributed by atoms with Gasteiger partial charge in [-0.2, -0.15) is 11.6 Å². The molecular formula is C42H54Cl2Zr-2. The summed E-state index contributed by atoms with van der Waals surface area (Å²) < 4.78 is 2.21. The molecule has 0 saturated carbocycles. The SMILES string of the molecule is CC(C)(C)c1ccc([CH]=[Zr+2])cc1.CC(C)(C)c1ccc2c(c1)[cH-]c1cc(C(C)(C)C)ccc12.CC1=[C-]C(C)C=C1C(C)C.[Cl-].[Cl-]. The molecule has 5 rings (SSSR count). The Balaban J connectivity index is 0.000000362. The quantitative estimate of drug-likeness (QED) is 0.224. The first kappa shape index (κ1) is 41.4. The van der Waals surface area contributed by atoms with Crippen LogP contribution in [0.5, 0.6) is 0 Å². The average Bonchev–Trinajstić information content (AvgIpc) is 3.45. The Morgan fingerprint density at radius 3 is 1.38 bits per heavy atom. The zero-order chi connectivity index (χ0) is 32.3. The number of hydrogen-bond acceptors (Lipinski definition) is 0. The molecule has 1 atom stereocenters. The van der Waals surface area contributed by atoms with Crippen molar-refractivity contribution in [2.24, 2.45) is 11.8 Å². The number of rotatable bonds is 2. The third-order valence-electron chi connectivity index (χ3n) is 8.31. The Morgan fingerprint density at radius 1 is 0.689 bits per heavy atom. The molecule has 3 heteroatoms. The average molecular weight is 721 g/mol. The number of fused-ring (bicyclic) bond motifs is 3. The van der Waals surface area contributed by atoms with Gasteiger partial charge in [0.05, 0.1) is 0 Å². The van der Waals surface area contributed by atoms with E-state index in [1.165, 1.54) is 79.2 Å². The number of halogens is 2. The molecule has 0 bridgehead atoms. The van der Waals surface area contributed by atoms with Gasteiger partial charge in [0, 0.05) is 0 Å². The molecule has 1 aliphatic rings. The summed E-state index contributed by atoms with van der Waals surface area (Å²) in [4.78, 5) is 0. The Morgan fingerprint density at radius 2 is 1.09 bits per heavy atom. The molecule has 0 aliphatic heterocycles. The molecule has 4 aromatic carbocycles. The predicted molar refractivity (Wildman–Crippen MR) is 189 cm³/mol. The van der Waals surface area contributed by atoms with E-state index in [-0.39, 0.29) is 41.1 Å². The Kier molecular flexibility index (Phi) is 15.1. The van der Waals surface area contributed by atoms with Crippen LogP contribution in [0.4, 0.5) is 0 Å². The van der Waals surface area contributed by atoms with E-state index in [2.05, 4.69) is 173 Å². The Bertz CT molecular complexity index is 1540. The molecule has 242 valence electrons. The van der Waals surface area contributed by atoms with Crippen LogP contribution >= 0.6 is 0 Å². The summed E-state index contributed by atoms with van der Waals surface area (Å²) in [6, 6.07) is 25.0. The van der Waals surface area contributed by atoms with Crippen molar-refractivity contribution < 1.29 is 49.0 Å². The molecule has 0 N–H and O–H groups in total. The second-order valence-electron chi connectivity index (χ2n) is 15.6. The summed E-state index contributed by atoms with van der Waals surface area (Å²) in [5.41, 5.74) is 9.06. The molecular weight excluding hydrogens is 667 g/mol. The summed E-state index contributed by atoms with van der Waals surface area (Å²) in [6.07, 6.45) is 5.68. The number of benzene rings is 3. The van der Waals surface area contributed by atoms with Crippen molar-refractivity contribution in [1.82, 2.24) is 0 Å². The molecule has 4 aromatic rings. The zero-order valence-corrected chi connectivity index (χ0v) is 33.9. The zero-order valence-electron chi connectivity index (χ0n) is 29.9. The van der Waals surface area contributed by atoms with Crippen molar-refractivity contribution in [3.63, 3.8) is 0 Å². The van der Waals surface area contributed by atoms with Gasteiger partial charge in [-0.15, -0.1) is 39.7 Å². The fourth-order valence-corrected chi connectivity index (χ4v) is 5.99. The van der Waals surface area contributed by atoms with Crippen molar-refractivity contribution in [3.05, 3.63) is 112 Å². The monoisotopic (exact) mass is 718 g/mol. The van der Waals surface area contributed by atoms with Crippen LogP contribution in [0.2, 0.25) is 0 Å². The van der Waals surface area contributed by atoms with Crippen molar-refractivity contribution in [2.75, 3.05) is 0 Å². The first-order valence-electron chi connectivity index (χ1n) is 15.9. The third kappa shape index (κ3) is 11.2. The molecule has 0 aromatic heterocycles. The van der Waals surface area contributed by atoms with Crippen LogP contribution in [0.3, 0.4) is 0 Å². The van der Waals surface area contributed by atoms with Crippen molar-refractivity contribution in [1.29, 1.82) is 0 Å². The fourth-order valence-electron chi connectivity index (χ4n) is 5.52. The van der Waals surface area contributed by atoms with Gasteiger partial charge in [-0.1, -0.05) is 116 Å². The van der Waals surface area contributed by atoms with Gasteiger partial charge >= 0.3 is 89.5 Å². The van der Waals surface area contributed by atoms with E-state index in [4.69, 9.17) is 0 Å². The number of hydrogen-bond donors (Lipinski definition) is 0. The van der Waals surface area contributed by atoms with Gasteiger partial charge in [-0.05, 0) is 10.8 Å². The predicted octanol–water partition coefficient (Wildman–Crippen LogP) is 5.96. The largest absolute Gasteiger partial charge is 1.00 e. The Hall–Kier alpha value is -1.66. The molecule has 1 unspecified atom stereocenters. The maximum Gasteiger partial charge on any atom is -0.0202 e. The van der Waals surface area contributed by atoms with Crippen LogP contribution in [-0.4, -0.2) is 3.71 Å². The van der Waals surface area contributed by atoms with Gasteiger partial charge in [0.15, 0.2) is 0 Å². The summed E-state index contributed by atoms with van der Waals surface area (Å²) in [5.74, 6) is 1.20. The van der Waals surface area contributed by atoms with Gasteiger partial charge in [0.1, 0.15) is 0 Å². The Labute approximate surface area is 302 Å². The van der Waals surface area contributed by atoms with Crippen LogP contribution in [0.25, 0.3) is 21.5 Å². The van der Waals surface area contributed by atoms with Crippen LogP contribution in [-0.2, 0) is 40.5 Å². The minimum atomic E-state index is 0. The molecule has 0 spiro atoms. The standard InChI is InChI=1S/C21H25.C11H14.C10H15.2ClH.Zr/c1-20(2,3)16-7-9-18-14(12-16)11-15-13-17(21(4,5)6)8-10-19(15)18;1-9-5-7-10(8-6-9)11(2,3)4;1-7(2)10-6-8(3)5-9(10)4;;;/h7-13H,1-6H3;1,5-8H,2-4H3;6-8H,1-4H3;2*1H;/q-1;;-1;;;+2/p-2. The van der Waals surface area contributed by atoms with E-state index in [1.54, 1.807) is 0 Å².